The summed E-state index contributed by atoms with van der Waals surface area (Å²) in [5.74, 6) is -1.34. The highest BCUT2D eigenvalue weighted by atomic mass is 16.6. The Morgan fingerprint density at radius 3 is 1.10 bits per heavy atom. The van der Waals surface area contributed by atoms with Crippen molar-refractivity contribution in [1.82, 2.24) is 0 Å². The van der Waals surface area contributed by atoms with Crippen molar-refractivity contribution in [3.8, 4) is 0 Å². The Morgan fingerprint density at radius 2 is 0.950 bits per heavy atom. The van der Waals surface area contributed by atoms with Gasteiger partial charge in [0.1, 0.15) is 11.2 Å². The predicted octanol–water partition coefficient (Wildman–Crippen LogP) is 1.70. The fourth-order valence-electron chi connectivity index (χ4n) is 1.41. The first-order valence-electron chi connectivity index (χ1n) is 6.42. The molecule has 0 aliphatic heterocycles. The maximum absolute atomic E-state index is 12.0. The first-order chi connectivity index (χ1) is 8.91. The zero-order chi connectivity index (χ0) is 16.1. The van der Waals surface area contributed by atoms with E-state index in [4.69, 9.17) is 18.9 Å². The number of carbonyl (C=O) groups excluding carboxylic acids is 2. The molecule has 0 aliphatic rings. The van der Waals surface area contributed by atoms with E-state index >= 15 is 0 Å². The quantitative estimate of drug-likeness (QED) is 0.718. The van der Waals surface area contributed by atoms with E-state index in [2.05, 4.69) is 0 Å². The molecule has 0 saturated carbocycles. The van der Waals surface area contributed by atoms with Crippen LogP contribution in [0.1, 0.15) is 41.5 Å². The Kier molecular flexibility index (Phi) is 6.64. The Morgan fingerprint density at radius 1 is 0.700 bits per heavy atom. The zero-order valence-electron chi connectivity index (χ0n) is 13.6. The molecule has 0 rings (SSSR count). The molecule has 0 amide bonds. The van der Waals surface area contributed by atoms with Gasteiger partial charge in [-0.2, -0.15) is 0 Å². The lowest BCUT2D eigenvalue weighted by molar-refractivity contribution is -0.190. The van der Waals surface area contributed by atoms with Crippen LogP contribution in [0.4, 0.5) is 0 Å². The van der Waals surface area contributed by atoms with Gasteiger partial charge in [0.05, 0.1) is 0 Å². The van der Waals surface area contributed by atoms with Crippen molar-refractivity contribution in [3.05, 3.63) is 0 Å². The number of ether oxygens (including phenoxy) is 4. The van der Waals surface area contributed by atoms with Crippen LogP contribution < -0.4 is 0 Å². The summed E-state index contributed by atoms with van der Waals surface area (Å²) < 4.78 is 20.5. The zero-order valence-corrected chi connectivity index (χ0v) is 13.6. The molecule has 0 aromatic rings. The Labute approximate surface area is 120 Å². The molecule has 0 fully saturated rings. The molecule has 6 heteroatoms. The van der Waals surface area contributed by atoms with Gasteiger partial charge in [0.15, 0.2) is 12.2 Å². The van der Waals surface area contributed by atoms with Crippen molar-refractivity contribution in [1.29, 1.82) is 0 Å². The molecule has 0 radical (unpaired) electrons. The minimum absolute atomic E-state index is 0.669. The second-order valence-electron chi connectivity index (χ2n) is 6.38. The van der Waals surface area contributed by atoms with Gasteiger partial charge in [-0.15, -0.1) is 0 Å². The van der Waals surface area contributed by atoms with Gasteiger partial charge < -0.3 is 18.9 Å². The molecule has 0 aromatic carbocycles. The second-order valence-corrected chi connectivity index (χ2v) is 6.38. The van der Waals surface area contributed by atoms with Crippen LogP contribution in [-0.2, 0) is 28.5 Å². The lowest BCUT2D eigenvalue weighted by Gasteiger charge is -2.28. The molecule has 2 unspecified atom stereocenters. The number of carbonyl (C=O) groups is 2. The first-order valence-corrected chi connectivity index (χ1v) is 6.42. The summed E-state index contributed by atoms with van der Waals surface area (Å²) in [6.45, 7) is 10.4. The fraction of sp³-hybridized carbons (Fsp3) is 0.857. The number of esters is 2. The van der Waals surface area contributed by atoms with Crippen molar-refractivity contribution in [2.45, 2.75) is 65.0 Å². The van der Waals surface area contributed by atoms with Gasteiger partial charge in [-0.25, -0.2) is 9.59 Å². The largest absolute Gasteiger partial charge is 0.458 e. The molecule has 0 spiro atoms. The van der Waals surface area contributed by atoms with Crippen LogP contribution in [0.15, 0.2) is 0 Å². The van der Waals surface area contributed by atoms with Gasteiger partial charge in [-0.05, 0) is 41.5 Å². The van der Waals surface area contributed by atoms with E-state index in [0.717, 1.165) is 0 Å². The lowest BCUT2D eigenvalue weighted by atomic mass is 10.1. The van der Waals surface area contributed by atoms with Crippen LogP contribution in [-0.4, -0.2) is 49.6 Å². The van der Waals surface area contributed by atoms with Crippen molar-refractivity contribution in [3.63, 3.8) is 0 Å². The van der Waals surface area contributed by atoms with Crippen LogP contribution in [0, 0.1) is 0 Å². The molecule has 2 atom stereocenters. The summed E-state index contributed by atoms with van der Waals surface area (Å²) in [7, 11) is 2.62. The number of hydrogen-bond donors (Lipinski definition) is 0. The third kappa shape index (κ3) is 6.86. The van der Waals surface area contributed by atoms with Crippen LogP contribution >= 0.6 is 0 Å². The third-order valence-electron chi connectivity index (χ3n) is 2.06. The summed E-state index contributed by atoms with van der Waals surface area (Å²) in [5.41, 5.74) is -1.36. The van der Waals surface area contributed by atoms with E-state index in [0.29, 0.717) is 0 Å². The third-order valence-corrected chi connectivity index (χ3v) is 2.06. The Bertz CT molecular complexity index is 303. The average Bonchev–Trinajstić information content (AvgIpc) is 2.19. The number of rotatable bonds is 5. The highest BCUT2D eigenvalue weighted by Crippen LogP contribution is 2.16. The highest BCUT2D eigenvalue weighted by Gasteiger charge is 2.39. The van der Waals surface area contributed by atoms with Gasteiger partial charge in [0.2, 0.25) is 0 Å². The van der Waals surface area contributed by atoms with E-state index in [1.165, 1.54) is 14.2 Å². The molecular formula is C14H26O6. The van der Waals surface area contributed by atoms with Gasteiger partial charge in [-0.3, -0.25) is 0 Å². The minimum Gasteiger partial charge on any atom is -0.458 e. The van der Waals surface area contributed by atoms with Gasteiger partial charge in [0, 0.05) is 14.2 Å². The number of methoxy groups -OCH3 is 2. The van der Waals surface area contributed by atoms with Crippen LogP contribution in [0.25, 0.3) is 0 Å². The van der Waals surface area contributed by atoms with E-state index < -0.39 is 35.3 Å². The standard InChI is InChI=1S/C14H26O6/c1-13(2,3)19-11(15)9(17-7)10(18-8)12(16)20-14(4,5)6/h9-10H,1-8H3. The maximum Gasteiger partial charge on any atom is 0.339 e. The van der Waals surface area contributed by atoms with Crippen molar-refractivity contribution < 1.29 is 28.5 Å². The molecule has 0 aromatic heterocycles. The summed E-state index contributed by atoms with van der Waals surface area (Å²) in [6.07, 6.45) is -2.34. The molecule has 0 N–H and O–H groups in total. The van der Waals surface area contributed by atoms with Gasteiger partial charge in [0.25, 0.3) is 0 Å². The SMILES string of the molecule is COC(C(=O)OC(C)(C)C)C(OC)C(=O)OC(C)(C)C. The molecule has 0 aliphatic carbocycles. The van der Waals surface area contributed by atoms with E-state index in [1.54, 1.807) is 41.5 Å². The van der Waals surface area contributed by atoms with Crippen LogP contribution in [0.2, 0.25) is 0 Å². The summed E-state index contributed by atoms with van der Waals surface area (Å²) in [6, 6.07) is 0. The molecule has 0 bridgehead atoms. The van der Waals surface area contributed by atoms with Crippen LogP contribution in [0.3, 0.4) is 0 Å². The average molecular weight is 290 g/mol. The summed E-state index contributed by atoms with van der Waals surface area (Å²) in [4.78, 5) is 24.1. The van der Waals surface area contributed by atoms with Crippen molar-refractivity contribution >= 4 is 11.9 Å². The van der Waals surface area contributed by atoms with E-state index in [9.17, 15) is 9.59 Å². The number of hydrogen-bond acceptors (Lipinski definition) is 6. The Hall–Kier alpha value is -1.14. The molecule has 0 saturated heterocycles. The van der Waals surface area contributed by atoms with Crippen LogP contribution in [0.5, 0.6) is 0 Å². The fourth-order valence-corrected chi connectivity index (χ4v) is 1.41. The lowest BCUT2D eigenvalue weighted by Crippen LogP contribution is -2.47. The highest BCUT2D eigenvalue weighted by molar-refractivity contribution is 5.86. The van der Waals surface area contributed by atoms with Crippen molar-refractivity contribution in [2.75, 3.05) is 14.2 Å². The van der Waals surface area contributed by atoms with Crippen molar-refractivity contribution in [2.24, 2.45) is 0 Å². The molecule has 6 nitrogen and oxygen atoms in total. The molecule has 20 heavy (non-hydrogen) atoms. The molecule has 118 valence electrons. The maximum atomic E-state index is 12.0. The smallest absolute Gasteiger partial charge is 0.339 e. The predicted molar refractivity (Wildman–Crippen MR) is 73.3 cm³/mol. The summed E-state index contributed by atoms with van der Waals surface area (Å²) in [5, 5.41) is 0. The first kappa shape index (κ1) is 18.9. The molecule has 0 heterocycles. The van der Waals surface area contributed by atoms with Gasteiger partial charge >= 0.3 is 11.9 Å². The topological polar surface area (TPSA) is 71.1 Å². The normalized spacial score (nSPS) is 15.4. The second kappa shape index (κ2) is 7.04. The van der Waals surface area contributed by atoms with E-state index in [-0.39, 0.29) is 0 Å². The Balaban J connectivity index is 4.99. The van der Waals surface area contributed by atoms with Gasteiger partial charge in [-0.1, -0.05) is 0 Å². The minimum atomic E-state index is -1.17. The molecular weight excluding hydrogens is 264 g/mol. The summed E-state index contributed by atoms with van der Waals surface area (Å²) >= 11 is 0. The monoisotopic (exact) mass is 290 g/mol. The van der Waals surface area contributed by atoms with E-state index in [1.807, 2.05) is 0 Å².